The Morgan fingerprint density at radius 2 is 1.73 bits per heavy atom. The SMILES string of the molecule is COC(=O)CCC=CCC[C@H]1[C@@H](OCc2ccc(C(C)(C)C)cc2)CC[C@@H]1N1CCCCC1. The molecule has 1 aromatic rings. The predicted octanol–water partition coefficient (Wildman–Crippen LogP) is 6.42. The number of hydrogen-bond acceptors (Lipinski definition) is 4. The van der Waals surface area contributed by atoms with Crippen molar-refractivity contribution in [1.82, 2.24) is 4.90 Å². The Balaban J connectivity index is 1.56. The molecule has 0 spiro atoms. The zero-order chi connectivity index (χ0) is 23.7. The van der Waals surface area contributed by atoms with Gasteiger partial charge in [-0.25, -0.2) is 0 Å². The molecule has 1 heterocycles. The molecule has 4 heteroatoms. The summed E-state index contributed by atoms with van der Waals surface area (Å²) in [6.45, 7) is 9.96. The summed E-state index contributed by atoms with van der Waals surface area (Å²) in [6, 6.07) is 9.62. The third-order valence-electron chi connectivity index (χ3n) is 7.44. The molecule has 0 amide bonds. The Hall–Kier alpha value is -1.65. The Kier molecular flexibility index (Phi) is 10.0. The molecule has 1 aromatic carbocycles. The number of ether oxygens (including phenoxy) is 2. The fourth-order valence-electron chi connectivity index (χ4n) is 5.43. The van der Waals surface area contributed by atoms with E-state index in [0.29, 0.717) is 31.1 Å². The van der Waals surface area contributed by atoms with Crippen molar-refractivity contribution in [2.24, 2.45) is 5.92 Å². The van der Waals surface area contributed by atoms with Gasteiger partial charge in [-0.05, 0) is 74.6 Å². The number of rotatable bonds is 10. The summed E-state index contributed by atoms with van der Waals surface area (Å²) < 4.78 is 11.3. The van der Waals surface area contributed by atoms with Crippen LogP contribution < -0.4 is 0 Å². The van der Waals surface area contributed by atoms with Crippen molar-refractivity contribution in [3.05, 3.63) is 47.5 Å². The average Bonchev–Trinajstić information content (AvgIpc) is 3.22. The van der Waals surface area contributed by atoms with Gasteiger partial charge in [-0.3, -0.25) is 4.79 Å². The van der Waals surface area contributed by atoms with Gasteiger partial charge in [0, 0.05) is 18.4 Å². The number of piperidine rings is 1. The molecular formula is C29H45NO3. The summed E-state index contributed by atoms with van der Waals surface area (Å²) in [5.41, 5.74) is 2.82. The first-order valence-corrected chi connectivity index (χ1v) is 13.1. The van der Waals surface area contributed by atoms with Gasteiger partial charge in [0.1, 0.15) is 0 Å². The number of carbonyl (C=O) groups is 1. The summed E-state index contributed by atoms with van der Waals surface area (Å²) in [5.74, 6) is 0.451. The number of benzene rings is 1. The van der Waals surface area contributed by atoms with Gasteiger partial charge >= 0.3 is 5.97 Å². The van der Waals surface area contributed by atoms with Crippen LogP contribution in [0, 0.1) is 5.92 Å². The van der Waals surface area contributed by atoms with Gasteiger partial charge in [0.25, 0.3) is 0 Å². The lowest BCUT2D eigenvalue weighted by atomic mass is 9.87. The maximum atomic E-state index is 11.3. The van der Waals surface area contributed by atoms with E-state index in [1.54, 1.807) is 0 Å². The monoisotopic (exact) mass is 455 g/mol. The van der Waals surface area contributed by atoms with Crippen molar-refractivity contribution in [3.8, 4) is 0 Å². The number of nitrogens with zero attached hydrogens (tertiary/aromatic N) is 1. The van der Waals surface area contributed by atoms with Gasteiger partial charge in [0.15, 0.2) is 0 Å². The minimum Gasteiger partial charge on any atom is -0.469 e. The Morgan fingerprint density at radius 3 is 2.39 bits per heavy atom. The van der Waals surface area contributed by atoms with Crippen LogP contribution in [0.1, 0.15) is 89.7 Å². The molecule has 2 fully saturated rings. The number of carbonyl (C=O) groups excluding carboxylic acids is 1. The van der Waals surface area contributed by atoms with Crippen LogP contribution in [-0.2, 0) is 26.3 Å². The standard InChI is InChI=1S/C29H45NO3/c1-29(2,3)24-16-14-23(15-17-24)22-33-27-19-18-26(30-20-10-7-11-21-30)25(27)12-8-5-6-9-13-28(31)32-4/h5-6,14-17,25-27H,7-13,18-22H2,1-4H3/t25-,26+,27+/m1/s1. The fraction of sp³-hybridized carbons (Fsp3) is 0.690. The maximum Gasteiger partial charge on any atom is 0.305 e. The Bertz CT molecular complexity index is 743. The second-order valence-electron chi connectivity index (χ2n) is 10.9. The zero-order valence-corrected chi connectivity index (χ0v) is 21.4. The Labute approximate surface area is 201 Å². The van der Waals surface area contributed by atoms with Gasteiger partial charge in [-0.2, -0.15) is 0 Å². The van der Waals surface area contributed by atoms with E-state index < -0.39 is 0 Å². The number of likely N-dealkylation sites (tertiary alicyclic amines) is 1. The van der Waals surface area contributed by atoms with Gasteiger partial charge in [0.05, 0.1) is 19.8 Å². The highest BCUT2D eigenvalue weighted by molar-refractivity contribution is 5.69. The molecule has 0 aromatic heterocycles. The van der Waals surface area contributed by atoms with Crippen molar-refractivity contribution in [3.63, 3.8) is 0 Å². The molecule has 3 rings (SSSR count). The third-order valence-corrected chi connectivity index (χ3v) is 7.44. The second kappa shape index (κ2) is 12.7. The summed E-state index contributed by atoms with van der Waals surface area (Å²) in [7, 11) is 1.45. The van der Waals surface area contributed by atoms with Crippen molar-refractivity contribution >= 4 is 5.97 Å². The van der Waals surface area contributed by atoms with E-state index in [4.69, 9.17) is 9.47 Å². The molecule has 1 aliphatic heterocycles. The van der Waals surface area contributed by atoms with Gasteiger partial charge in [0.2, 0.25) is 0 Å². The van der Waals surface area contributed by atoms with Crippen LogP contribution in [0.25, 0.3) is 0 Å². The molecular weight excluding hydrogens is 410 g/mol. The lowest BCUT2D eigenvalue weighted by molar-refractivity contribution is -0.140. The first-order valence-electron chi connectivity index (χ1n) is 13.1. The van der Waals surface area contributed by atoms with Crippen molar-refractivity contribution in [2.45, 2.75) is 103 Å². The van der Waals surface area contributed by atoms with E-state index in [9.17, 15) is 4.79 Å². The van der Waals surface area contributed by atoms with Gasteiger partial charge in [-0.15, -0.1) is 0 Å². The molecule has 4 nitrogen and oxygen atoms in total. The van der Waals surface area contributed by atoms with E-state index in [0.717, 1.165) is 25.7 Å². The smallest absolute Gasteiger partial charge is 0.305 e. The normalized spacial score (nSPS) is 24.4. The van der Waals surface area contributed by atoms with Crippen LogP contribution >= 0.6 is 0 Å². The van der Waals surface area contributed by atoms with Crippen LogP contribution in [0.15, 0.2) is 36.4 Å². The molecule has 0 unspecified atom stereocenters. The zero-order valence-electron chi connectivity index (χ0n) is 21.4. The minimum absolute atomic E-state index is 0.135. The van der Waals surface area contributed by atoms with E-state index in [1.165, 1.54) is 57.0 Å². The molecule has 0 bridgehead atoms. The molecule has 1 saturated heterocycles. The maximum absolute atomic E-state index is 11.3. The molecule has 3 atom stereocenters. The lowest BCUT2D eigenvalue weighted by Crippen LogP contribution is -2.43. The molecule has 1 aliphatic carbocycles. The largest absolute Gasteiger partial charge is 0.469 e. The number of hydrogen-bond donors (Lipinski definition) is 0. The van der Waals surface area contributed by atoms with Crippen molar-refractivity contribution < 1.29 is 14.3 Å². The van der Waals surface area contributed by atoms with E-state index in [2.05, 4.69) is 62.1 Å². The number of methoxy groups -OCH3 is 1. The van der Waals surface area contributed by atoms with E-state index >= 15 is 0 Å². The molecule has 2 aliphatic rings. The van der Waals surface area contributed by atoms with Crippen molar-refractivity contribution in [1.29, 1.82) is 0 Å². The van der Waals surface area contributed by atoms with Gasteiger partial charge in [-0.1, -0.05) is 63.6 Å². The molecule has 184 valence electrons. The van der Waals surface area contributed by atoms with Crippen molar-refractivity contribution in [2.75, 3.05) is 20.2 Å². The van der Waals surface area contributed by atoms with Crippen LogP contribution in [0.5, 0.6) is 0 Å². The highest BCUT2D eigenvalue weighted by atomic mass is 16.5. The van der Waals surface area contributed by atoms with E-state index in [-0.39, 0.29) is 11.4 Å². The third kappa shape index (κ3) is 7.96. The first kappa shape index (κ1) is 26.0. The summed E-state index contributed by atoms with van der Waals surface area (Å²) >= 11 is 0. The van der Waals surface area contributed by atoms with Crippen LogP contribution in [0.2, 0.25) is 0 Å². The fourth-order valence-corrected chi connectivity index (χ4v) is 5.43. The second-order valence-corrected chi connectivity index (χ2v) is 10.9. The highest BCUT2D eigenvalue weighted by Crippen LogP contribution is 2.37. The Morgan fingerprint density at radius 1 is 1.03 bits per heavy atom. The van der Waals surface area contributed by atoms with E-state index in [1.807, 2.05) is 0 Å². The van der Waals surface area contributed by atoms with Crippen LogP contribution in [-0.4, -0.2) is 43.2 Å². The molecule has 0 N–H and O–H groups in total. The molecule has 1 saturated carbocycles. The lowest BCUT2D eigenvalue weighted by Gasteiger charge is -2.37. The predicted molar refractivity (Wildman–Crippen MR) is 135 cm³/mol. The summed E-state index contributed by atoms with van der Waals surface area (Å²) in [4.78, 5) is 14.0. The topological polar surface area (TPSA) is 38.8 Å². The summed E-state index contributed by atoms with van der Waals surface area (Å²) in [6.07, 6.45) is 14.6. The minimum atomic E-state index is -0.135. The first-order chi connectivity index (χ1) is 15.9. The number of allylic oxidation sites excluding steroid dienone is 2. The van der Waals surface area contributed by atoms with Crippen LogP contribution in [0.4, 0.5) is 0 Å². The summed E-state index contributed by atoms with van der Waals surface area (Å²) in [5, 5.41) is 0. The van der Waals surface area contributed by atoms with Gasteiger partial charge < -0.3 is 14.4 Å². The molecule has 0 radical (unpaired) electrons. The quantitative estimate of drug-likeness (QED) is 0.301. The molecule has 33 heavy (non-hydrogen) atoms. The number of esters is 1. The van der Waals surface area contributed by atoms with Crippen LogP contribution in [0.3, 0.4) is 0 Å². The average molecular weight is 456 g/mol. The highest BCUT2D eigenvalue weighted by Gasteiger charge is 2.39.